The van der Waals surface area contributed by atoms with Gasteiger partial charge in [0.2, 0.25) is 0 Å². The number of anilines is 1. The van der Waals surface area contributed by atoms with Gasteiger partial charge in [0.05, 0.1) is 0 Å². The first-order valence-corrected chi connectivity index (χ1v) is 7.28. The molecule has 1 atom stereocenters. The lowest BCUT2D eigenvalue weighted by Crippen LogP contribution is -2.40. The van der Waals surface area contributed by atoms with E-state index in [2.05, 4.69) is 50.7 Å². The third-order valence-electron chi connectivity index (χ3n) is 3.45. The van der Waals surface area contributed by atoms with Gasteiger partial charge in [-0.05, 0) is 64.2 Å². The van der Waals surface area contributed by atoms with Crippen molar-refractivity contribution in [1.29, 1.82) is 0 Å². The average Bonchev–Trinajstić information content (AvgIpc) is 2.38. The highest BCUT2D eigenvalue weighted by molar-refractivity contribution is 5.85. The first-order chi connectivity index (χ1) is 9.85. The molecule has 0 aliphatic carbocycles. The van der Waals surface area contributed by atoms with Crippen molar-refractivity contribution in [2.45, 2.75) is 26.8 Å². The van der Waals surface area contributed by atoms with Gasteiger partial charge in [-0.15, -0.1) is 0 Å². The molecule has 4 nitrogen and oxygen atoms in total. The summed E-state index contributed by atoms with van der Waals surface area (Å²) in [7, 11) is 4.16. The summed E-state index contributed by atoms with van der Waals surface area (Å²) in [5.41, 5.74) is 3.28. The quantitative estimate of drug-likeness (QED) is 0.784. The Kier molecular flexibility index (Phi) is 6.43. The van der Waals surface area contributed by atoms with Crippen molar-refractivity contribution in [3.05, 3.63) is 35.4 Å². The van der Waals surface area contributed by atoms with Crippen LogP contribution in [-0.2, 0) is 4.79 Å². The zero-order valence-corrected chi connectivity index (χ0v) is 13.6. The van der Waals surface area contributed by atoms with Gasteiger partial charge in [0.15, 0.2) is 0 Å². The Bertz CT molecular complexity index is 510. The summed E-state index contributed by atoms with van der Waals surface area (Å²) in [4.78, 5) is 15.1. The molecule has 116 valence electrons. The fraction of sp³-hybridized carbons (Fsp3) is 0.471. The summed E-state index contributed by atoms with van der Waals surface area (Å²) in [5.74, 6) is -0.925. The molecule has 1 N–H and O–H groups in total. The predicted molar refractivity (Wildman–Crippen MR) is 88.9 cm³/mol. The Morgan fingerprint density at radius 2 is 2.05 bits per heavy atom. The maximum Gasteiger partial charge on any atom is 0.328 e. The van der Waals surface area contributed by atoms with Gasteiger partial charge in [-0.1, -0.05) is 6.07 Å². The number of hydrogen-bond donors (Lipinski definition) is 1. The van der Waals surface area contributed by atoms with E-state index in [1.807, 2.05) is 12.1 Å². The predicted octanol–water partition coefficient (Wildman–Crippen LogP) is 2.87. The number of carboxylic acid groups (broad SMARTS) is 1. The van der Waals surface area contributed by atoms with Gasteiger partial charge in [0, 0.05) is 30.9 Å². The van der Waals surface area contributed by atoms with E-state index in [1.165, 1.54) is 11.8 Å². The number of hydrogen-bond acceptors (Lipinski definition) is 3. The topological polar surface area (TPSA) is 43.8 Å². The van der Waals surface area contributed by atoms with Crippen molar-refractivity contribution in [2.75, 3.05) is 32.1 Å². The highest BCUT2D eigenvalue weighted by Crippen LogP contribution is 2.24. The second-order valence-corrected chi connectivity index (χ2v) is 5.61. The fourth-order valence-electron chi connectivity index (χ4n) is 2.62. The zero-order chi connectivity index (χ0) is 16.0. The number of aryl methyl sites for hydroxylation is 1. The van der Waals surface area contributed by atoms with Crippen molar-refractivity contribution in [3.8, 4) is 0 Å². The summed E-state index contributed by atoms with van der Waals surface area (Å²) in [6.07, 6.45) is 2.79. The molecule has 21 heavy (non-hydrogen) atoms. The molecule has 4 heteroatoms. The molecule has 1 rings (SSSR count). The summed E-state index contributed by atoms with van der Waals surface area (Å²) in [5, 5.41) is 8.68. The van der Waals surface area contributed by atoms with E-state index in [0.29, 0.717) is 6.04 Å². The number of likely N-dealkylation sites (N-methyl/N-ethyl adjacent to an activating group) is 2. The molecule has 0 fully saturated rings. The summed E-state index contributed by atoms with van der Waals surface area (Å²) in [6.45, 7) is 8.39. The van der Waals surface area contributed by atoms with Crippen molar-refractivity contribution >= 4 is 17.7 Å². The smallest absolute Gasteiger partial charge is 0.328 e. The van der Waals surface area contributed by atoms with Gasteiger partial charge in [-0.3, -0.25) is 0 Å². The van der Waals surface area contributed by atoms with Crippen molar-refractivity contribution in [2.24, 2.45) is 0 Å². The van der Waals surface area contributed by atoms with Gasteiger partial charge >= 0.3 is 5.97 Å². The minimum Gasteiger partial charge on any atom is -0.478 e. The Morgan fingerprint density at radius 1 is 1.38 bits per heavy atom. The average molecular weight is 290 g/mol. The molecule has 0 aromatic heterocycles. The van der Waals surface area contributed by atoms with Gasteiger partial charge < -0.3 is 14.9 Å². The van der Waals surface area contributed by atoms with Crippen LogP contribution in [0.25, 0.3) is 6.08 Å². The molecule has 0 amide bonds. The molecule has 0 bridgehead atoms. The van der Waals surface area contributed by atoms with Gasteiger partial charge in [-0.2, -0.15) is 0 Å². The van der Waals surface area contributed by atoms with E-state index in [1.54, 1.807) is 6.08 Å². The first-order valence-electron chi connectivity index (χ1n) is 7.28. The van der Waals surface area contributed by atoms with Gasteiger partial charge in [0.25, 0.3) is 0 Å². The van der Waals surface area contributed by atoms with Crippen molar-refractivity contribution in [1.82, 2.24) is 4.90 Å². The third-order valence-corrected chi connectivity index (χ3v) is 3.45. The normalized spacial score (nSPS) is 12.9. The first kappa shape index (κ1) is 17.2. The van der Waals surface area contributed by atoms with Crippen molar-refractivity contribution < 1.29 is 9.90 Å². The summed E-state index contributed by atoms with van der Waals surface area (Å²) in [6, 6.07) is 6.49. The number of benzene rings is 1. The fourth-order valence-corrected chi connectivity index (χ4v) is 2.62. The molecule has 0 aliphatic rings. The van der Waals surface area contributed by atoms with E-state index in [0.717, 1.165) is 24.2 Å². The van der Waals surface area contributed by atoms with Crippen LogP contribution in [0, 0.1) is 6.92 Å². The highest BCUT2D eigenvalue weighted by atomic mass is 16.4. The lowest BCUT2D eigenvalue weighted by Gasteiger charge is -2.33. The van der Waals surface area contributed by atoms with Gasteiger partial charge in [-0.25, -0.2) is 4.79 Å². The van der Waals surface area contributed by atoms with E-state index in [9.17, 15) is 4.79 Å². The van der Waals surface area contributed by atoms with Gasteiger partial charge in [0.1, 0.15) is 0 Å². The Balaban J connectivity index is 2.98. The number of nitrogens with zero attached hydrogens (tertiary/aromatic N) is 2. The van der Waals surface area contributed by atoms with Crippen LogP contribution in [0.1, 0.15) is 25.0 Å². The Morgan fingerprint density at radius 3 is 2.52 bits per heavy atom. The third kappa shape index (κ3) is 5.23. The summed E-state index contributed by atoms with van der Waals surface area (Å²) < 4.78 is 0. The van der Waals surface area contributed by atoms with Crippen LogP contribution >= 0.6 is 0 Å². The minimum absolute atomic E-state index is 0.420. The minimum atomic E-state index is -0.925. The molecule has 0 saturated carbocycles. The maximum atomic E-state index is 10.6. The van der Waals surface area contributed by atoms with Crippen LogP contribution in [0.15, 0.2) is 24.3 Å². The second kappa shape index (κ2) is 7.84. The van der Waals surface area contributed by atoms with Crippen LogP contribution in [0.2, 0.25) is 0 Å². The monoisotopic (exact) mass is 290 g/mol. The molecule has 1 unspecified atom stereocenters. The van der Waals surface area contributed by atoms with E-state index in [-0.39, 0.29) is 0 Å². The second-order valence-electron chi connectivity index (χ2n) is 5.61. The number of carboxylic acids is 1. The molecule has 0 saturated heterocycles. The molecule has 0 heterocycles. The van der Waals surface area contributed by atoms with Crippen LogP contribution in [0.4, 0.5) is 5.69 Å². The Labute approximate surface area is 127 Å². The molecule has 1 aromatic carbocycles. The standard InChI is InChI=1S/C17H26N2O2/c1-6-19(14(3)12-18(4)5)16-9-7-15(11-13(16)2)8-10-17(20)21/h7-11,14H,6,12H2,1-5H3,(H,20,21)/b10-8+. The lowest BCUT2D eigenvalue weighted by atomic mass is 10.1. The highest BCUT2D eigenvalue weighted by Gasteiger charge is 2.15. The van der Waals surface area contributed by atoms with Crippen LogP contribution < -0.4 is 4.90 Å². The lowest BCUT2D eigenvalue weighted by molar-refractivity contribution is -0.131. The van der Waals surface area contributed by atoms with Crippen molar-refractivity contribution in [3.63, 3.8) is 0 Å². The van der Waals surface area contributed by atoms with Crippen LogP contribution in [0.3, 0.4) is 0 Å². The molecule has 1 aromatic rings. The molecule has 0 radical (unpaired) electrons. The molecule has 0 aliphatic heterocycles. The molecule has 0 spiro atoms. The number of aliphatic carboxylic acids is 1. The van der Waals surface area contributed by atoms with Crippen LogP contribution in [-0.4, -0.2) is 49.2 Å². The van der Waals surface area contributed by atoms with E-state index >= 15 is 0 Å². The van der Waals surface area contributed by atoms with E-state index in [4.69, 9.17) is 5.11 Å². The SMILES string of the molecule is CCN(c1ccc(/C=C/C(=O)O)cc1C)C(C)CN(C)C. The number of rotatable bonds is 7. The van der Waals surface area contributed by atoms with Crippen LogP contribution in [0.5, 0.6) is 0 Å². The number of carbonyl (C=O) groups is 1. The van der Waals surface area contributed by atoms with E-state index < -0.39 is 5.97 Å². The summed E-state index contributed by atoms with van der Waals surface area (Å²) >= 11 is 0. The maximum absolute atomic E-state index is 10.6. The molecular formula is C17H26N2O2. The zero-order valence-electron chi connectivity index (χ0n) is 13.6. The largest absolute Gasteiger partial charge is 0.478 e. The molecular weight excluding hydrogens is 264 g/mol. The Hall–Kier alpha value is -1.81.